The third-order valence-electron chi connectivity index (χ3n) is 9.99. The second kappa shape index (κ2) is 14.4. The highest BCUT2D eigenvalue weighted by Gasteiger charge is 2.31. The van der Waals surface area contributed by atoms with Crippen molar-refractivity contribution in [2.75, 3.05) is 0 Å². The van der Waals surface area contributed by atoms with Gasteiger partial charge in [0, 0.05) is 42.4 Å². The molecule has 10 aromatic rings. The Hall–Kier alpha value is -7.93. The lowest BCUT2D eigenvalue weighted by Gasteiger charge is -2.09. The molecule has 0 unspecified atom stereocenters. The molecule has 4 aromatic carbocycles. The molecule has 15 nitrogen and oxygen atoms in total. The number of non-ortho nitro benzene ring substituents is 1. The molecule has 0 aliphatic carbocycles. The number of nitro benzene ring substituents is 1. The van der Waals surface area contributed by atoms with Gasteiger partial charge in [-0.15, -0.1) is 0 Å². The predicted molar refractivity (Wildman–Crippen MR) is 219 cm³/mol. The number of halogens is 5. The highest BCUT2D eigenvalue weighted by Crippen LogP contribution is 2.35. The van der Waals surface area contributed by atoms with Crippen LogP contribution in [0.15, 0.2) is 119 Å². The summed E-state index contributed by atoms with van der Waals surface area (Å²) >= 11 is 5.94. The van der Waals surface area contributed by atoms with Crippen LogP contribution in [0.25, 0.3) is 77.8 Å². The van der Waals surface area contributed by atoms with Crippen molar-refractivity contribution in [2.24, 2.45) is 14.1 Å². The van der Waals surface area contributed by atoms with Crippen molar-refractivity contribution in [1.82, 2.24) is 49.1 Å². The average molecular weight is 848 g/mol. The number of rotatable bonds is 5. The van der Waals surface area contributed by atoms with Gasteiger partial charge >= 0.3 is 6.18 Å². The maximum Gasteiger partial charge on any atom is 0.416 e. The number of hydrogen-bond acceptors (Lipinski definition) is 8. The first-order valence-corrected chi connectivity index (χ1v) is 18.4. The largest absolute Gasteiger partial charge is 0.416 e. The van der Waals surface area contributed by atoms with Crippen LogP contribution in [0.4, 0.5) is 23.2 Å². The molecule has 20 heteroatoms. The Balaban J connectivity index is 0.000000156. The highest BCUT2D eigenvalue weighted by molar-refractivity contribution is 6.30. The van der Waals surface area contributed by atoms with Crippen molar-refractivity contribution in [3.05, 3.63) is 157 Å². The van der Waals surface area contributed by atoms with E-state index in [0.29, 0.717) is 55.1 Å². The fraction of sp³-hybridized carbons (Fsp3) is 0.0732. The molecule has 2 N–H and O–H groups in total. The molecule has 0 amide bonds. The van der Waals surface area contributed by atoms with Gasteiger partial charge in [0.2, 0.25) is 0 Å². The van der Waals surface area contributed by atoms with Gasteiger partial charge in [0.1, 0.15) is 5.82 Å². The molecule has 0 atom stereocenters. The number of aryl methyl sites for hydroxylation is 2. The summed E-state index contributed by atoms with van der Waals surface area (Å²) in [5.74, 6) is -0.485. The number of nitrogens with one attached hydrogen (secondary N) is 2. The first kappa shape index (κ1) is 38.6. The van der Waals surface area contributed by atoms with Gasteiger partial charge in [-0.25, -0.2) is 23.7 Å². The van der Waals surface area contributed by atoms with E-state index in [1.807, 2.05) is 0 Å². The highest BCUT2D eigenvalue weighted by atomic mass is 35.5. The van der Waals surface area contributed by atoms with Gasteiger partial charge in [-0.1, -0.05) is 41.9 Å². The van der Waals surface area contributed by atoms with Crippen LogP contribution in [0, 0.1) is 15.9 Å². The summed E-state index contributed by atoms with van der Waals surface area (Å²) < 4.78 is 59.2. The number of aromatic nitrogens is 10. The fourth-order valence-electron chi connectivity index (χ4n) is 7.10. The van der Waals surface area contributed by atoms with Crippen molar-refractivity contribution >= 4 is 61.2 Å². The Bertz CT molecular complexity index is 3510. The Labute approximate surface area is 342 Å². The van der Waals surface area contributed by atoms with Crippen LogP contribution in [-0.2, 0) is 20.3 Å². The number of fused-ring (bicyclic) bond motifs is 6. The van der Waals surface area contributed by atoms with E-state index in [1.165, 1.54) is 62.6 Å². The van der Waals surface area contributed by atoms with E-state index in [1.54, 1.807) is 67.6 Å². The first-order valence-electron chi connectivity index (χ1n) is 18.0. The number of nitro groups is 1. The molecule has 304 valence electrons. The topological polar surface area (TPSA) is 180 Å². The Morgan fingerprint density at radius 1 is 0.689 bits per heavy atom. The normalized spacial score (nSPS) is 11.8. The monoisotopic (exact) mass is 847 g/mol. The number of hydrogen-bond donors (Lipinski definition) is 2. The van der Waals surface area contributed by atoms with Crippen LogP contribution in [0.1, 0.15) is 5.56 Å². The minimum absolute atomic E-state index is 0.117. The second-order valence-corrected chi connectivity index (χ2v) is 14.2. The maximum atomic E-state index is 13.7. The molecule has 0 aliphatic heterocycles. The van der Waals surface area contributed by atoms with E-state index in [9.17, 15) is 37.3 Å². The summed E-state index contributed by atoms with van der Waals surface area (Å²) in [6.07, 6.45) is -1.39. The Kier molecular flexibility index (Phi) is 9.12. The molecule has 0 saturated carbocycles. The summed E-state index contributed by atoms with van der Waals surface area (Å²) in [4.78, 5) is 46.5. The standard InChI is InChI=1S/C21H13ClF3N5O.C20H13FN6O3/c1-29-19-15(10-26-29)18-16(20(31)30(28-18)14-7-5-13(22)6-8-14)17(27-19)11-3-2-4-12(9-11)21(23,24)25;1-25-19-15(10-22-25)18-16(17(23-19)11-4-2-7-14(8-11)27(29)30)20(28)26(24-18)13-6-3-5-12(21)9-13/h2-10,28H,1H3;2-10,24H,1H3. The zero-order chi connectivity index (χ0) is 42.9. The van der Waals surface area contributed by atoms with Gasteiger partial charge < -0.3 is 0 Å². The van der Waals surface area contributed by atoms with Crippen molar-refractivity contribution in [2.45, 2.75) is 6.18 Å². The number of pyridine rings is 2. The smallest absolute Gasteiger partial charge is 0.289 e. The van der Waals surface area contributed by atoms with Gasteiger partial charge in [-0.05, 0) is 54.6 Å². The average Bonchev–Trinajstić information content (AvgIpc) is 4.01. The molecular formula is C41H26ClF4N11O4. The first-order chi connectivity index (χ1) is 29.2. The van der Waals surface area contributed by atoms with Crippen LogP contribution in [0.5, 0.6) is 0 Å². The van der Waals surface area contributed by atoms with Gasteiger partial charge in [0.15, 0.2) is 11.3 Å². The molecule has 0 spiro atoms. The molecule has 61 heavy (non-hydrogen) atoms. The fourth-order valence-corrected chi connectivity index (χ4v) is 7.23. The Morgan fingerprint density at radius 3 is 1.75 bits per heavy atom. The SMILES string of the molecule is Cn1ncc2c3[nH]n(-c4ccc(Cl)cc4)c(=O)c3c(-c3cccc(C(F)(F)F)c3)nc21.Cn1ncc2c3[nH]n(-c4cccc(F)c4)c(=O)c3c(-c3cccc([N+](=O)[O-])c3)nc21. The lowest BCUT2D eigenvalue weighted by atomic mass is 10.0. The molecule has 0 bridgehead atoms. The van der Waals surface area contributed by atoms with Gasteiger partial charge in [0.25, 0.3) is 16.8 Å². The zero-order valence-electron chi connectivity index (χ0n) is 31.4. The summed E-state index contributed by atoms with van der Waals surface area (Å²) in [6.45, 7) is 0. The number of aromatic amines is 2. The summed E-state index contributed by atoms with van der Waals surface area (Å²) in [7, 11) is 3.38. The maximum absolute atomic E-state index is 13.7. The third kappa shape index (κ3) is 6.65. The van der Waals surface area contributed by atoms with E-state index < -0.39 is 33.6 Å². The summed E-state index contributed by atoms with van der Waals surface area (Å²) in [5, 5.41) is 27.8. The van der Waals surface area contributed by atoms with Crippen LogP contribution >= 0.6 is 11.6 Å². The van der Waals surface area contributed by atoms with Crippen LogP contribution in [0.2, 0.25) is 5.02 Å². The van der Waals surface area contributed by atoms with Gasteiger partial charge in [-0.2, -0.15) is 23.4 Å². The van der Waals surface area contributed by atoms with Crippen molar-refractivity contribution < 1.29 is 22.5 Å². The van der Waals surface area contributed by atoms with Gasteiger partial charge in [0.05, 0.1) is 78.2 Å². The molecule has 0 aliphatic rings. The summed E-state index contributed by atoms with van der Waals surface area (Å²) in [5.41, 5.74) is 1.87. The molecule has 6 aromatic heterocycles. The lowest BCUT2D eigenvalue weighted by molar-refractivity contribution is -0.384. The quantitative estimate of drug-likeness (QED) is 0.0987. The van der Waals surface area contributed by atoms with Crippen LogP contribution in [0.3, 0.4) is 0 Å². The number of H-pyrrole nitrogens is 2. The second-order valence-electron chi connectivity index (χ2n) is 13.8. The van der Waals surface area contributed by atoms with E-state index in [-0.39, 0.29) is 33.4 Å². The van der Waals surface area contributed by atoms with Crippen LogP contribution < -0.4 is 11.1 Å². The molecule has 0 saturated heterocycles. The molecule has 6 heterocycles. The minimum atomic E-state index is -4.52. The lowest BCUT2D eigenvalue weighted by Crippen LogP contribution is -2.15. The number of nitrogens with zero attached hydrogens (tertiary/aromatic N) is 9. The summed E-state index contributed by atoms with van der Waals surface area (Å²) in [6, 6.07) is 22.9. The zero-order valence-corrected chi connectivity index (χ0v) is 32.2. The molecule has 10 rings (SSSR count). The van der Waals surface area contributed by atoms with Crippen molar-refractivity contribution in [3.8, 4) is 33.9 Å². The number of benzene rings is 4. The van der Waals surface area contributed by atoms with E-state index in [2.05, 4.69) is 30.4 Å². The van der Waals surface area contributed by atoms with Gasteiger partial charge in [-0.3, -0.25) is 39.3 Å². The predicted octanol–water partition coefficient (Wildman–Crippen LogP) is 8.25. The van der Waals surface area contributed by atoms with E-state index in [4.69, 9.17) is 11.6 Å². The Morgan fingerprint density at radius 2 is 1.21 bits per heavy atom. The third-order valence-corrected chi connectivity index (χ3v) is 10.2. The van der Waals surface area contributed by atoms with Crippen molar-refractivity contribution in [3.63, 3.8) is 0 Å². The molecular weight excluding hydrogens is 822 g/mol. The van der Waals surface area contributed by atoms with Crippen molar-refractivity contribution in [1.29, 1.82) is 0 Å². The number of alkyl halides is 3. The molecule has 0 radical (unpaired) electrons. The van der Waals surface area contributed by atoms with E-state index >= 15 is 0 Å². The molecule has 0 fully saturated rings. The van der Waals surface area contributed by atoms with Crippen LogP contribution in [-0.4, -0.2) is 54.0 Å². The minimum Gasteiger partial charge on any atom is -0.289 e. The van der Waals surface area contributed by atoms with E-state index in [0.717, 1.165) is 12.1 Å².